The van der Waals surface area contributed by atoms with Crippen LogP contribution in [0.25, 0.3) is 0 Å². The first-order chi connectivity index (χ1) is 9.10. The molecule has 6 nitrogen and oxygen atoms in total. The van der Waals surface area contributed by atoms with Crippen LogP contribution in [-0.2, 0) is 0 Å². The van der Waals surface area contributed by atoms with E-state index in [4.69, 9.17) is 0 Å². The lowest BCUT2D eigenvalue weighted by Gasteiger charge is -2.12. The number of amides is 2. The van der Waals surface area contributed by atoms with E-state index in [9.17, 15) is 28.1 Å². The number of halogens is 3. The first-order valence-electron chi connectivity index (χ1n) is 5.47. The van der Waals surface area contributed by atoms with E-state index in [1.807, 2.05) is 0 Å². The number of nitrogens with zero attached hydrogens (tertiary/aromatic N) is 1. The van der Waals surface area contributed by atoms with Crippen LogP contribution in [0.3, 0.4) is 0 Å². The lowest BCUT2D eigenvalue weighted by atomic mass is 10.1. The Hall–Kier alpha value is -2.32. The van der Waals surface area contributed by atoms with E-state index >= 15 is 0 Å². The summed E-state index contributed by atoms with van der Waals surface area (Å²) in [6.07, 6.45) is -4.50. The number of alkyl halides is 3. The molecule has 0 unspecified atom stereocenters. The Labute approximate surface area is 112 Å². The minimum atomic E-state index is -4.50. The molecule has 0 radical (unpaired) electrons. The Morgan fingerprint density at radius 3 is 2.40 bits per heavy atom. The number of nitro benzene ring substituents is 1. The van der Waals surface area contributed by atoms with Gasteiger partial charge in [0, 0.05) is 17.3 Å². The molecule has 1 aromatic carbocycles. The zero-order valence-electron chi connectivity index (χ0n) is 10.7. The van der Waals surface area contributed by atoms with Crippen molar-refractivity contribution >= 4 is 17.4 Å². The van der Waals surface area contributed by atoms with Gasteiger partial charge in [0.2, 0.25) is 0 Å². The van der Waals surface area contributed by atoms with Gasteiger partial charge in [-0.05, 0) is 25.5 Å². The highest BCUT2D eigenvalue weighted by Crippen LogP contribution is 2.25. The van der Waals surface area contributed by atoms with Gasteiger partial charge in [-0.15, -0.1) is 0 Å². The van der Waals surface area contributed by atoms with E-state index in [1.165, 1.54) is 26.0 Å². The van der Waals surface area contributed by atoms with Crippen LogP contribution in [0.4, 0.5) is 29.3 Å². The Morgan fingerprint density at radius 2 is 1.90 bits per heavy atom. The van der Waals surface area contributed by atoms with E-state index in [2.05, 4.69) is 5.32 Å². The molecule has 0 heterocycles. The van der Waals surface area contributed by atoms with E-state index in [-0.39, 0.29) is 11.4 Å². The Kier molecular flexibility index (Phi) is 4.53. The molecule has 0 spiro atoms. The number of rotatable bonds is 3. The minimum Gasteiger partial charge on any atom is -0.329 e. The van der Waals surface area contributed by atoms with Crippen molar-refractivity contribution in [3.8, 4) is 0 Å². The minimum absolute atomic E-state index is 0.122. The van der Waals surface area contributed by atoms with Crippen LogP contribution >= 0.6 is 0 Å². The predicted molar refractivity (Wildman–Crippen MR) is 65.6 cm³/mol. The molecule has 20 heavy (non-hydrogen) atoms. The molecule has 0 fully saturated rings. The van der Waals surface area contributed by atoms with Crippen LogP contribution in [0, 0.1) is 24.0 Å². The standard InChI is InChI=1S/C11H12F3N3O3/c1-6-4-9(17(19)20)7(2)3-8(6)16-10(18)15-5-11(12,13)14/h3-4H,5H2,1-2H3,(H2,15,16,18). The van der Waals surface area contributed by atoms with Crippen molar-refractivity contribution in [3.63, 3.8) is 0 Å². The number of aryl methyl sites for hydroxylation is 2. The van der Waals surface area contributed by atoms with E-state index in [1.54, 1.807) is 5.32 Å². The molecule has 0 bridgehead atoms. The average Bonchev–Trinajstić information content (AvgIpc) is 2.29. The third-order valence-corrected chi connectivity index (χ3v) is 2.44. The van der Waals surface area contributed by atoms with Crippen molar-refractivity contribution in [3.05, 3.63) is 33.4 Å². The summed E-state index contributed by atoms with van der Waals surface area (Å²) in [5.74, 6) is 0. The third kappa shape index (κ3) is 4.41. The smallest absolute Gasteiger partial charge is 0.329 e. The number of benzene rings is 1. The summed E-state index contributed by atoms with van der Waals surface area (Å²) in [6, 6.07) is 1.55. The molecule has 0 saturated carbocycles. The molecule has 9 heteroatoms. The molecule has 1 rings (SSSR count). The van der Waals surface area contributed by atoms with Crippen molar-refractivity contribution < 1.29 is 22.9 Å². The quantitative estimate of drug-likeness (QED) is 0.663. The highest BCUT2D eigenvalue weighted by molar-refractivity contribution is 5.90. The molecular formula is C11H12F3N3O3. The van der Waals surface area contributed by atoms with E-state index in [0.717, 1.165) is 0 Å². The van der Waals surface area contributed by atoms with Crippen LogP contribution in [-0.4, -0.2) is 23.7 Å². The summed E-state index contributed by atoms with van der Waals surface area (Å²) in [6.45, 7) is 1.52. The number of hydrogen-bond donors (Lipinski definition) is 2. The SMILES string of the molecule is Cc1cc([N+](=O)[O-])c(C)cc1NC(=O)NCC(F)(F)F. The van der Waals surface area contributed by atoms with Crippen LogP contribution in [0.15, 0.2) is 12.1 Å². The molecular weight excluding hydrogens is 279 g/mol. The summed E-state index contributed by atoms with van der Waals surface area (Å²) in [4.78, 5) is 21.4. The normalized spacial score (nSPS) is 11.1. The van der Waals surface area contributed by atoms with Gasteiger partial charge in [0.25, 0.3) is 5.69 Å². The molecule has 2 amide bonds. The lowest BCUT2D eigenvalue weighted by Crippen LogP contribution is -2.36. The van der Waals surface area contributed by atoms with Crippen molar-refractivity contribution in [2.75, 3.05) is 11.9 Å². The summed E-state index contributed by atoms with van der Waals surface area (Å²) in [7, 11) is 0. The molecule has 0 saturated heterocycles. The number of hydrogen-bond acceptors (Lipinski definition) is 3. The Morgan fingerprint density at radius 1 is 1.30 bits per heavy atom. The fraction of sp³-hybridized carbons (Fsp3) is 0.364. The van der Waals surface area contributed by atoms with Crippen LogP contribution in [0.2, 0.25) is 0 Å². The molecule has 2 N–H and O–H groups in total. The van der Waals surface area contributed by atoms with Crippen molar-refractivity contribution in [2.45, 2.75) is 20.0 Å². The summed E-state index contributed by atoms with van der Waals surface area (Å²) >= 11 is 0. The molecule has 110 valence electrons. The van der Waals surface area contributed by atoms with Gasteiger partial charge in [0.1, 0.15) is 6.54 Å². The second-order valence-corrected chi connectivity index (χ2v) is 4.13. The van der Waals surface area contributed by atoms with Crippen molar-refractivity contribution in [1.82, 2.24) is 5.32 Å². The van der Waals surface area contributed by atoms with Gasteiger partial charge < -0.3 is 10.6 Å². The predicted octanol–water partition coefficient (Wildman–Crippen LogP) is 2.90. The highest BCUT2D eigenvalue weighted by Gasteiger charge is 2.27. The van der Waals surface area contributed by atoms with Gasteiger partial charge >= 0.3 is 12.2 Å². The largest absolute Gasteiger partial charge is 0.405 e. The maximum absolute atomic E-state index is 11.9. The lowest BCUT2D eigenvalue weighted by molar-refractivity contribution is -0.385. The van der Waals surface area contributed by atoms with Crippen LogP contribution in [0.5, 0.6) is 0 Å². The highest BCUT2D eigenvalue weighted by atomic mass is 19.4. The molecule has 0 aliphatic heterocycles. The van der Waals surface area contributed by atoms with E-state index in [0.29, 0.717) is 11.1 Å². The Bertz CT molecular complexity index is 544. The number of carbonyl (C=O) groups is 1. The van der Waals surface area contributed by atoms with Gasteiger partial charge in [-0.3, -0.25) is 10.1 Å². The second kappa shape index (κ2) is 5.76. The van der Waals surface area contributed by atoms with Crippen molar-refractivity contribution in [2.24, 2.45) is 0 Å². The van der Waals surface area contributed by atoms with Gasteiger partial charge in [-0.25, -0.2) is 4.79 Å². The molecule has 0 atom stereocenters. The number of nitrogens with one attached hydrogen (secondary N) is 2. The summed E-state index contributed by atoms with van der Waals surface area (Å²) in [5.41, 5.74) is 0.771. The summed E-state index contributed by atoms with van der Waals surface area (Å²) < 4.78 is 35.8. The maximum atomic E-state index is 11.9. The van der Waals surface area contributed by atoms with Gasteiger partial charge in [0.05, 0.1) is 4.92 Å². The van der Waals surface area contributed by atoms with Gasteiger partial charge in [-0.1, -0.05) is 0 Å². The number of carbonyl (C=O) groups excluding carboxylic acids is 1. The molecule has 0 aliphatic rings. The van der Waals surface area contributed by atoms with Crippen LogP contribution < -0.4 is 10.6 Å². The van der Waals surface area contributed by atoms with Crippen LogP contribution in [0.1, 0.15) is 11.1 Å². The number of urea groups is 1. The number of anilines is 1. The molecule has 1 aromatic rings. The van der Waals surface area contributed by atoms with Gasteiger partial charge in [-0.2, -0.15) is 13.2 Å². The zero-order chi connectivity index (χ0) is 15.5. The van der Waals surface area contributed by atoms with Gasteiger partial charge in [0.15, 0.2) is 0 Å². The summed E-state index contributed by atoms with van der Waals surface area (Å²) in [5, 5.41) is 14.6. The third-order valence-electron chi connectivity index (χ3n) is 2.44. The van der Waals surface area contributed by atoms with Crippen molar-refractivity contribution in [1.29, 1.82) is 0 Å². The fourth-order valence-electron chi connectivity index (χ4n) is 1.48. The maximum Gasteiger partial charge on any atom is 0.405 e. The molecule has 0 aliphatic carbocycles. The molecule has 0 aromatic heterocycles. The topological polar surface area (TPSA) is 84.3 Å². The first-order valence-corrected chi connectivity index (χ1v) is 5.47. The second-order valence-electron chi connectivity index (χ2n) is 4.13. The Balaban J connectivity index is 2.81. The van der Waals surface area contributed by atoms with E-state index < -0.39 is 23.7 Å². The zero-order valence-corrected chi connectivity index (χ0v) is 10.7. The fourth-order valence-corrected chi connectivity index (χ4v) is 1.48. The first kappa shape index (κ1) is 15.7. The average molecular weight is 291 g/mol. The monoisotopic (exact) mass is 291 g/mol. The number of nitro groups is 1.